The molecule has 2 aromatic rings. The van der Waals surface area contributed by atoms with E-state index in [9.17, 15) is 18.0 Å². The first-order valence-corrected chi connectivity index (χ1v) is 9.49. The van der Waals surface area contributed by atoms with Crippen molar-refractivity contribution in [1.29, 1.82) is 0 Å². The maximum Gasteiger partial charge on any atom is 0.420 e. The van der Waals surface area contributed by atoms with E-state index < -0.39 is 16.9 Å². The highest BCUT2D eigenvalue weighted by Crippen LogP contribution is 2.34. The zero-order valence-corrected chi connectivity index (χ0v) is 17.0. The number of hydrogen-bond acceptors (Lipinski definition) is 7. The number of nitrogens with zero attached hydrogens (tertiary/aromatic N) is 5. The molecule has 1 N–H and O–H groups in total. The zero-order chi connectivity index (χ0) is 21.9. The van der Waals surface area contributed by atoms with Gasteiger partial charge in [-0.2, -0.15) is 18.3 Å². The van der Waals surface area contributed by atoms with Gasteiger partial charge in [-0.25, -0.2) is 19.4 Å². The maximum atomic E-state index is 12.8. The normalized spacial score (nSPS) is 14.1. The second-order valence-corrected chi connectivity index (χ2v) is 6.92. The van der Waals surface area contributed by atoms with Crippen molar-refractivity contribution in [1.82, 2.24) is 24.6 Å². The molecule has 1 fully saturated rings. The molecule has 13 heteroatoms. The minimum absolute atomic E-state index is 0.0334. The van der Waals surface area contributed by atoms with Crippen LogP contribution in [0, 0.1) is 6.92 Å². The number of hydrogen-bond donors (Lipinski definition) is 1. The number of ether oxygens (including phenoxy) is 2. The highest BCUT2D eigenvalue weighted by molar-refractivity contribution is 6.30. The predicted octanol–water partition coefficient (Wildman–Crippen LogP) is 3.55. The van der Waals surface area contributed by atoms with Crippen molar-refractivity contribution in [2.24, 2.45) is 7.05 Å². The summed E-state index contributed by atoms with van der Waals surface area (Å²) in [6, 6.07) is 0. The molecule has 1 aliphatic heterocycles. The van der Waals surface area contributed by atoms with Gasteiger partial charge >= 0.3 is 12.3 Å². The minimum atomic E-state index is -4.65. The molecule has 0 bridgehead atoms. The van der Waals surface area contributed by atoms with E-state index in [2.05, 4.69) is 20.4 Å². The minimum Gasteiger partial charge on any atom is -0.484 e. The quantitative estimate of drug-likeness (QED) is 0.533. The Hall–Kier alpha value is -2.76. The third-order valence-corrected chi connectivity index (χ3v) is 4.65. The van der Waals surface area contributed by atoms with Crippen molar-refractivity contribution in [3.63, 3.8) is 0 Å². The van der Waals surface area contributed by atoms with Crippen LogP contribution in [0.4, 0.5) is 29.7 Å². The van der Waals surface area contributed by atoms with Crippen LogP contribution in [0.5, 0.6) is 5.75 Å². The molecule has 1 amide bonds. The van der Waals surface area contributed by atoms with Gasteiger partial charge in [-0.15, -0.1) is 0 Å². The molecule has 0 spiro atoms. The van der Waals surface area contributed by atoms with Crippen molar-refractivity contribution >= 4 is 29.5 Å². The van der Waals surface area contributed by atoms with Gasteiger partial charge in [0.25, 0.3) is 0 Å². The van der Waals surface area contributed by atoms with Gasteiger partial charge in [0.15, 0.2) is 11.6 Å². The summed E-state index contributed by atoms with van der Waals surface area (Å²) >= 11 is 5.63. The number of alkyl halides is 3. The van der Waals surface area contributed by atoms with Gasteiger partial charge in [-0.1, -0.05) is 11.6 Å². The Balaban J connectivity index is 1.64. The molecule has 1 saturated heterocycles. The average molecular weight is 449 g/mol. The molecule has 0 unspecified atom stereocenters. The summed E-state index contributed by atoms with van der Waals surface area (Å²) < 4.78 is 50.7. The van der Waals surface area contributed by atoms with Gasteiger partial charge in [-0.3, -0.25) is 0 Å². The number of nitrogens with one attached hydrogen (secondary N) is 1. The summed E-state index contributed by atoms with van der Waals surface area (Å²) in [5.41, 5.74) is -0.615. The molecule has 3 rings (SSSR count). The molecule has 0 saturated carbocycles. The standard InChI is InChI=1S/C17H20ClF3N6O3/c1-10-12(29-7-8-30-16(28)27-5-3-4-6-27)14(26(2)25-10)24-15-22-9-11(13(18)23-15)17(19,20)21/h9H,3-8H2,1-2H3,(H,22,23,24). The van der Waals surface area contributed by atoms with E-state index in [4.69, 9.17) is 21.1 Å². The number of aromatic nitrogens is 4. The van der Waals surface area contributed by atoms with Gasteiger partial charge < -0.3 is 19.7 Å². The molecule has 0 radical (unpaired) electrons. The fraction of sp³-hybridized carbons (Fsp3) is 0.529. The van der Waals surface area contributed by atoms with E-state index in [-0.39, 0.29) is 25.3 Å². The van der Waals surface area contributed by atoms with Crippen LogP contribution in [0.2, 0.25) is 5.15 Å². The largest absolute Gasteiger partial charge is 0.484 e. The van der Waals surface area contributed by atoms with E-state index in [1.807, 2.05) is 0 Å². The lowest BCUT2D eigenvalue weighted by molar-refractivity contribution is -0.137. The first-order valence-electron chi connectivity index (χ1n) is 9.11. The molecule has 30 heavy (non-hydrogen) atoms. The van der Waals surface area contributed by atoms with Gasteiger partial charge in [-0.05, 0) is 19.8 Å². The smallest absolute Gasteiger partial charge is 0.420 e. The molecule has 1 aliphatic rings. The number of likely N-dealkylation sites (tertiary alicyclic amines) is 1. The van der Waals surface area contributed by atoms with Crippen LogP contribution in [0.1, 0.15) is 24.1 Å². The third-order valence-electron chi connectivity index (χ3n) is 4.36. The van der Waals surface area contributed by atoms with Crippen molar-refractivity contribution in [2.45, 2.75) is 25.9 Å². The van der Waals surface area contributed by atoms with E-state index in [0.29, 0.717) is 36.5 Å². The molecule has 0 aromatic carbocycles. The second-order valence-electron chi connectivity index (χ2n) is 6.56. The van der Waals surface area contributed by atoms with Gasteiger partial charge in [0.1, 0.15) is 29.6 Å². The summed E-state index contributed by atoms with van der Waals surface area (Å²) in [7, 11) is 1.61. The third kappa shape index (κ3) is 5.04. The van der Waals surface area contributed by atoms with E-state index in [1.165, 1.54) is 4.68 Å². The first kappa shape index (κ1) is 21.9. The second kappa shape index (κ2) is 8.94. The average Bonchev–Trinajstić information content (AvgIpc) is 3.28. The van der Waals surface area contributed by atoms with Gasteiger partial charge in [0.2, 0.25) is 5.95 Å². The SMILES string of the molecule is Cc1nn(C)c(Nc2ncc(C(F)(F)F)c(Cl)n2)c1OCCOC(=O)N1CCCC1. The fourth-order valence-electron chi connectivity index (χ4n) is 2.93. The Labute approximate surface area is 175 Å². The summed E-state index contributed by atoms with van der Waals surface area (Å²) in [4.78, 5) is 20.8. The molecule has 2 aromatic heterocycles. The van der Waals surface area contributed by atoms with Gasteiger partial charge in [0.05, 0.1) is 0 Å². The predicted molar refractivity (Wildman–Crippen MR) is 101 cm³/mol. The van der Waals surface area contributed by atoms with Crippen LogP contribution < -0.4 is 10.1 Å². The summed E-state index contributed by atoms with van der Waals surface area (Å²) in [5.74, 6) is 0.491. The molecule has 9 nitrogen and oxygen atoms in total. The van der Waals surface area contributed by atoms with Crippen molar-refractivity contribution in [2.75, 3.05) is 31.6 Å². The summed E-state index contributed by atoms with van der Waals surface area (Å²) in [5, 5.41) is 6.24. The molecule has 0 atom stereocenters. The monoisotopic (exact) mass is 448 g/mol. The molecule has 3 heterocycles. The van der Waals surface area contributed by atoms with Gasteiger partial charge in [0, 0.05) is 26.3 Å². The number of halogens is 4. The Morgan fingerprint density at radius 1 is 1.30 bits per heavy atom. The molecular formula is C17H20ClF3N6O3. The number of aryl methyl sites for hydroxylation is 2. The van der Waals surface area contributed by atoms with Crippen LogP contribution >= 0.6 is 11.6 Å². The molecule has 0 aliphatic carbocycles. The lowest BCUT2D eigenvalue weighted by Gasteiger charge is -2.15. The Bertz CT molecular complexity index is 915. The van der Waals surface area contributed by atoms with Crippen LogP contribution in [0.15, 0.2) is 6.20 Å². The Kier molecular flexibility index (Phi) is 6.54. The summed E-state index contributed by atoms with van der Waals surface area (Å²) in [6.07, 6.45) is -2.51. The zero-order valence-electron chi connectivity index (χ0n) is 16.3. The molecular weight excluding hydrogens is 429 g/mol. The van der Waals surface area contributed by atoms with E-state index in [1.54, 1.807) is 18.9 Å². The van der Waals surface area contributed by atoms with Crippen molar-refractivity contribution in [3.05, 3.63) is 22.6 Å². The van der Waals surface area contributed by atoms with Crippen LogP contribution in [-0.2, 0) is 18.0 Å². The first-order chi connectivity index (χ1) is 14.2. The fourth-order valence-corrected chi connectivity index (χ4v) is 3.17. The van der Waals surface area contributed by atoms with Crippen molar-refractivity contribution < 1.29 is 27.4 Å². The number of carbonyl (C=O) groups is 1. The Morgan fingerprint density at radius 2 is 2.00 bits per heavy atom. The maximum absolute atomic E-state index is 12.8. The highest BCUT2D eigenvalue weighted by atomic mass is 35.5. The van der Waals surface area contributed by atoms with Crippen molar-refractivity contribution in [3.8, 4) is 5.75 Å². The Morgan fingerprint density at radius 3 is 2.63 bits per heavy atom. The number of amides is 1. The van der Waals surface area contributed by atoms with Crippen LogP contribution in [0.25, 0.3) is 0 Å². The lowest BCUT2D eigenvalue weighted by Crippen LogP contribution is -2.29. The van der Waals surface area contributed by atoms with Crippen LogP contribution in [-0.4, -0.2) is 57.0 Å². The number of rotatable bonds is 6. The summed E-state index contributed by atoms with van der Waals surface area (Å²) in [6.45, 7) is 3.16. The lowest BCUT2D eigenvalue weighted by atomic mass is 10.3. The topological polar surface area (TPSA) is 94.4 Å². The number of carbonyl (C=O) groups excluding carboxylic acids is 1. The number of anilines is 2. The van der Waals surface area contributed by atoms with E-state index >= 15 is 0 Å². The highest BCUT2D eigenvalue weighted by Gasteiger charge is 2.34. The van der Waals surface area contributed by atoms with E-state index in [0.717, 1.165) is 12.8 Å². The van der Waals surface area contributed by atoms with Crippen LogP contribution in [0.3, 0.4) is 0 Å². The molecule has 164 valence electrons.